The molecule has 3 rings (SSSR count). The smallest absolute Gasteiger partial charge is 0.255 e. The average Bonchev–Trinajstić information content (AvgIpc) is 2.93. The second-order valence-corrected chi connectivity index (χ2v) is 9.85. The van der Waals surface area contributed by atoms with Crippen LogP contribution in [0.25, 0.3) is 11.1 Å². The van der Waals surface area contributed by atoms with E-state index in [1.807, 2.05) is 44.2 Å². The van der Waals surface area contributed by atoms with E-state index in [-0.39, 0.29) is 12.5 Å². The second kappa shape index (κ2) is 16.2. The Kier molecular flexibility index (Phi) is 13.0. The number of hydrogen-bond donors (Lipinski definition) is 7. The number of carbonyl (C=O) groups excluding carboxylic acids is 2. The predicted molar refractivity (Wildman–Crippen MR) is 158 cm³/mol. The molecule has 3 aromatic rings. The number of thiol groups is 1. The Morgan fingerprint density at radius 3 is 2.08 bits per heavy atom. The summed E-state index contributed by atoms with van der Waals surface area (Å²) in [5.74, 6) is 3.77. The highest BCUT2D eigenvalue weighted by Crippen LogP contribution is 2.20. The first kappa shape index (κ1) is 31.4. The van der Waals surface area contributed by atoms with E-state index in [1.165, 1.54) is 16.1 Å². The van der Waals surface area contributed by atoms with Crippen molar-refractivity contribution in [2.24, 2.45) is 29.1 Å². The summed E-state index contributed by atoms with van der Waals surface area (Å²) in [6.07, 6.45) is 1.88. The molecular formula is C29H38N6O3S. The first-order valence-corrected chi connectivity index (χ1v) is 12.9. The number of anilines is 1. The minimum Gasteiger partial charge on any atom is -0.400 e. The van der Waals surface area contributed by atoms with Crippen molar-refractivity contribution in [1.82, 2.24) is 10.5 Å². The van der Waals surface area contributed by atoms with E-state index in [2.05, 4.69) is 42.2 Å². The first-order valence-electron chi connectivity index (χ1n) is 12.5. The normalized spacial score (nSPS) is 11.7. The van der Waals surface area contributed by atoms with Crippen molar-refractivity contribution < 1.29 is 14.8 Å². The van der Waals surface area contributed by atoms with Crippen LogP contribution >= 0.6 is 12.6 Å². The highest BCUT2D eigenvalue weighted by molar-refractivity contribution is 7.80. The van der Waals surface area contributed by atoms with E-state index in [0.717, 1.165) is 10.5 Å². The standard InChI is InChI=1S/C17H28N6O3.C12H10S/c1-11(2)7-15(17(25)22-26)16(24)21-14-5-3-12(4-6-14)9-23(20)10-13(19)8-18;13-12-8-6-11(7-9-12)10-4-2-1-3-5-10/h3-6,10-11,15,26H,7-9,18-20H2,1-2H3,(H,21,24)(H,22,25);1-9,13H/b13-10-;. The lowest BCUT2D eigenvalue weighted by molar-refractivity contribution is -0.139. The topological polar surface area (TPSA) is 160 Å². The van der Waals surface area contributed by atoms with Gasteiger partial charge in [-0.05, 0) is 53.3 Å². The molecule has 0 heterocycles. The summed E-state index contributed by atoms with van der Waals surface area (Å²) >= 11 is 4.24. The van der Waals surface area contributed by atoms with Crippen LogP contribution in [0.2, 0.25) is 0 Å². The van der Waals surface area contributed by atoms with Crippen LogP contribution in [0, 0.1) is 11.8 Å². The molecule has 10 heteroatoms. The number of nitrogens with zero attached hydrogens (tertiary/aromatic N) is 1. The molecule has 0 fully saturated rings. The van der Waals surface area contributed by atoms with Crippen molar-refractivity contribution in [2.45, 2.75) is 31.7 Å². The molecule has 0 radical (unpaired) electrons. The molecule has 9 N–H and O–H groups in total. The molecule has 2 amide bonds. The summed E-state index contributed by atoms with van der Waals surface area (Å²) in [7, 11) is 0. The van der Waals surface area contributed by atoms with Gasteiger partial charge < -0.3 is 21.8 Å². The van der Waals surface area contributed by atoms with E-state index < -0.39 is 17.7 Å². The van der Waals surface area contributed by atoms with Gasteiger partial charge in [0.2, 0.25) is 5.91 Å². The summed E-state index contributed by atoms with van der Waals surface area (Å²) in [5.41, 5.74) is 17.0. The third-order valence-electron chi connectivity index (χ3n) is 5.58. The molecule has 1 atom stereocenters. The molecule has 0 aliphatic rings. The lowest BCUT2D eigenvalue weighted by Crippen LogP contribution is -2.37. The van der Waals surface area contributed by atoms with Crippen LogP contribution in [0.4, 0.5) is 5.69 Å². The number of carbonyl (C=O) groups is 2. The molecule has 39 heavy (non-hydrogen) atoms. The number of nitrogens with two attached hydrogens (primary N) is 3. The Labute approximate surface area is 235 Å². The zero-order valence-electron chi connectivity index (χ0n) is 22.2. The van der Waals surface area contributed by atoms with Crippen LogP contribution in [0.5, 0.6) is 0 Å². The number of amides is 2. The number of nitrogens with one attached hydrogen (secondary N) is 2. The van der Waals surface area contributed by atoms with Gasteiger partial charge in [0.15, 0.2) is 0 Å². The van der Waals surface area contributed by atoms with Gasteiger partial charge >= 0.3 is 0 Å². The van der Waals surface area contributed by atoms with E-state index in [4.69, 9.17) is 22.5 Å². The molecule has 0 bridgehead atoms. The molecule has 1 unspecified atom stereocenters. The number of rotatable bonds is 10. The molecule has 208 valence electrons. The number of hydrogen-bond acceptors (Lipinski definition) is 8. The third kappa shape index (κ3) is 11.2. The maximum Gasteiger partial charge on any atom is 0.255 e. The Bertz CT molecular complexity index is 1200. The summed E-state index contributed by atoms with van der Waals surface area (Å²) in [6, 6.07) is 25.5. The highest BCUT2D eigenvalue weighted by atomic mass is 32.1. The molecule has 0 saturated heterocycles. The second-order valence-electron chi connectivity index (χ2n) is 9.34. The van der Waals surface area contributed by atoms with Gasteiger partial charge in [0.1, 0.15) is 5.92 Å². The van der Waals surface area contributed by atoms with Crippen LogP contribution in [-0.2, 0) is 16.1 Å². The van der Waals surface area contributed by atoms with Crippen molar-refractivity contribution in [3.05, 3.63) is 96.3 Å². The fraction of sp³-hybridized carbons (Fsp3) is 0.241. The molecule has 0 aliphatic heterocycles. The van der Waals surface area contributed by atoms with Crippen LogP contribution in [0.1, 0.15) is 25.8 Å². The number of hydrazine groups is 1. The fourth-order valence-corrected chi connectivity index (χ4v) is 3.76. The van der Waals surface area contributed by atoms with Crippen LogP contribution < -0.4 is 28.1 Å². The van der Waals surface area contributed by atoms with Gasteiger partial charge in [-0.2, -0.15) is 0 Å². The summed E-state index contributed by atoms with van der Waals surface area (Å²) < 4.78 is 0. The first-order chi connectivity index (χ1) is 18.6. The predicted octanol–water partition coefficient (Wildman–Crippen LogP) is 3.87. The molecule has 3 aromatic carbocycles. The van der Waals surface area contributed by atoms with E-state index in [9.17, 15) is 9.59 Å². The van der Waals surface area contributed by atoms with Gasteiger partial charge in [-0.15, -0.1) is 12.6 Å². The van der Waals surface area contributed by atoms with Gasteiger partial charge in [0.05, 0.1) is 6.54 Å². The monoisotopic (exact) mass is 550 g/mol. The van der Waals surface area contributed by atoms with Crippen LogP contribution in [0.15, 0.2) is 95.7 Å². The number of hydroxylamine groups is 1. The van der Waals surface area contributed by atoms with Gasteiger partial charge in [0, 0.05) is 29.0 Å². The summed E-state index contributed by atoms with van der Waals surface area (Å²) in [4.78, 5) is 25.0. The maximum atomic E-state index is 12.3. The van der Waals surface area contributed by atoms with Crippen molar-refractivity contribution in [1.29, 1.82) is 0 Å². The van der Waals surface area contributed by atoms with Gasteiger partial charge in [-0.3, -0.25) is 14.8 Å². The largest absolute Gasteiger partial charge is 0.400 e. The Morgan fingerprint density at radius 2 is 1.54 bits per heavy atom. The molecular weight excluding hydrogens is 512 g/mol. The number of benzene rings is 3. The minimum absolute atomic E-state index is 0.120. The fourth-order valence-electron chi connectivity index (χ4n) is 3.61. The molecule has 0 saturated carbocycles. The van der Waals surface area contributed by atoms with Gasteiger partial charge in [0.25, 0.3) is 5.91 Å². The highest BCUT2D eigenvalue weighted by Gasteiger charge is 2.27. The zero-order chi connectivity index (χ0) is 28.8. The Hall–Kier alpha value is -3.83. The lowest BCUT2D eigenvalue weighted by atomic mass is 9.95. The molecule has 9 nitrogen and oxygen atoms in total. The van der Waals surface area contributed by atoms with Crippen molar-refractivity contribution in [3.63, 3.8) is 0 Å². The van der Waals surface area contributed by atoms with E-state index in [0.29, 0.717) is 24.4 Å². The van der Waals surface area contributed by atoms with Crippen LogP contribution in [0.3, 0.4) is 0 Å². The third-order valence-corrected chi connectivity index (χ3v) is 5.88. The summed E-state index contributed by atoms with van der Waals surface area (Å²) in [6.45, 7) is 4.42. The van der Waals surface area contributed by atoms with Crippen molar-refractivity contribution in [2.75, 3.05) is 11.9 Å². The van der Waals surface area contributed by atoms with Gasteiger partial charge in [-0.1, -0.05) is 68.4 Å². The zero-order valence-corrected chi connectivity index (χ0v) is 23.1. The summed E-state index contributed by atoms with van der Waals surface area (Å²) in [5, 5.41) is 12.9. The Morgan fingerprint density at radius 1 is 0.949 bits per heavy atom. The SMILES string of the molecule is CC(C)CC(C(=O)NO)C(=O)Nc1ccc(CN(N)/C=C(\N)CN)cc1.Sc1ccc(-c2ccccc2)cc1. The molecule has 0 spiro atoms. The quantitative estimate of drug-likeness (QED) is 0.0663. The molecule has 0 aliphatic carbocycles. The minimum atomic E-state index is -0.969. The molecule has 0 aromatic heterocycles. The maximum absolute atomic E-state index is 12.3. The van der Waals surface area contributed by atoms with Gasteiger partial charge in [-0.25, -0.2) is 11.3 Å². The van der Waals surface area contributed by atoms with Crippen molar-refractivity contribution >= 4 is 30.1 Å². The van der Waals surface area contributed by atoms with E-state index >= 15 is 0 Å². The average molecular weight is 551 g/mol. The van der Waals surface area contributed by atoms with Crippen molar-refractivity contribution in [3.8, 4) is 11.1 Å². The Balaban J connectivity index is 0.000000338. The van der Waals surface area contributed by atoms with Crippen LogP contribution in [-0.4, -0.2) is 28.6 Å². The lowest BCUT2D eigenvalue weighted by Gasteiger charge is -2.17. The van der Waals surface area contributed by atoms with E-state index in [1.54, 1.807) is 35.9 Å².